The SMILES string of the molecule is C[C@@H](OC(=O)CN1C(=O)CSc2ccccc21)C(=O)Nc1c(F)cccc1F. The van der Waals surface area contributed by atoms with Crippen molar-refractivity contribution in [3.8, 4) is 0 Å². The maximum absolute atomic E-state index is 13.6. The van der Waals surface area contributed by atoms with Crippen LogP contribution in [-0.2, 0) is 19.1 Å². The van der Waals surface area contributed by atoms with Crippen LogP contribution in [0.3, 0.4) is 0 Å². The van der Waals surface area contributed by atoms with Gasteiger partial charge in [0.15, 0.2) is 6.10 Å². The predicted octanol–water partition coefficient (Wildman–Crippen LogP) is 2.97. The number of nitrogens with zero attached hydrogens (tertiary/aromatic N) is 1. The number of carbonyl (C=O) groups excluding carboxylic acids is 3. The van der Waals surface area contributed by atoms with Crippen molar-refractivity contribution >= 4 is 40.9 Å². The van der Waals surface area contributed by atoms with E-state index in [4.69, 9.17) is 4.74 Å². The van der Waals surface area contributed by atoms with Crippen LogP contribution in [0.1, 0.15) is 6.92 Å². The molecule has 1 heterocycles. The van der Waals surface area contributed by atoms with Crippen molar-refractivity contribution in [1.29, 1.82) is 0 Å². The number of ether oxygens (including phenoxy) is 1. The van der Waals surface area contributed by atoms with Gasteiger partial charge in [-0.05, 0) is 31.2 Å². The fraction of sp³-hybridized carbons (Fsp3) is 0.211. The summed E-state index contributed by atoms with van der Waals surface area (Å²) < 4.78 is 32.3. The lowest BCUT2D eigenvalue weighted by atomic mass is 10.2. The van der Waals surface area contributed by atoms with E-state index in [1.54, 1.807) is 12.1 Å². The minimum absolute atomic E-state index is 0.187. The zero-order valence-electron chi connectivity index (χ0n) is 14.8. The highest BCUT2D eigenvalue weighted by Crippen LogP contribution is 2.34. The summed E-state index contributed by atoms with van der Waals surface area (Å²) in [6, 6.07) is 10.3. The van der Waals surface area contributed by atoms with Crippen LogP contribution in [0.2, 0.25) is 0 Å². The molecule has 1 N–H and O–H groups in total. The molecule has 6 nitrogen and oxygen atoms in total. The number of thioether (sulfide) groups is 1. The van der Waals surface area contributed by atoms with E-state index < -0.39 is 35.3 Å². The lowest BCUT2D eigenvalue weighted by molar-refractivity contribution is -0.152. The van der Waals surface area contributed by atoms with Crippen LogP contribution < -0.4 is 10.2 Å². The monoisotopic (exact) mass is 406 g/mol. The van der Waals surface area contributed by atoms with Gasteiger partial charge in [-0.25, -0.2) is 8.78 Å². The molecule has 0 unspecified atom stereocenters. The van der Waals surface area contributed by atoms with Crippen LogP contribution in [0.4, 0.5) is 20.2 Å². The zero-order valence-corrected chi connectivity index (χ0v) is 15.6. The minimum atomic E-state index is -1.31. The van der Waals surface area contributed by atoms with Gasteiger partial charge < -0.3 is 10.1 Å². The number of amides is 2. The summed E-state index contributed by atoms with van der Waals surface area (Å²) in [6.45, 7) is 0.899. The zero-order chi connectivity index (χ0) is 20.3. The second kappa shape index (κ2) is 8.39. The van der Waals surface area contributed by atoms with Crippen LogP contribution >= 0.6 is 11.8 Å². The van der Waals surface area contributed by atoms with E-state index in [1.807, 2.05) is 12.1 Å². The van der Waals surface area contributed by atoms with Gasteiger partial charge in [-0.3, -0.25) is 19.3 Å². The average molecular weight is 406 g/mol. The van der Waals surface area contributed by atoms with Crippen molar-refractivity contribution in [3.63, 3.8) is 0 Å². The number of fused-ring (bicyclic) bond motifs is 1. The number of rotatable bonds is 5. The summed E-state index contributed by atoms with van der Waals surface area (Å²) in [4.78, 5) is 38.6. The Kier molecular flexibility index (Phi) is 5.93. The molecule has 3 rings (SSSR count). The van der Waals surface area contributed by atoms with Crippen LogP contribution in [0, 0.1) is 11.6 Å². The Balaban J connectivity index is 1.63. The molecule has 1 atom stereocenters. The van der Waals surface area contributed by atoms with E-state index >= 15 is 0 Å². The maximum Gasteiger partial charge on any atom is 0.326 e. The fourth-order valence-electron chi connectivity index (χ4n) is 2.59. The van der Waals surface area contributed by atoms with Crippen molar-refractivity contribution in [2.24, 2.45) is 0 Å². The highest BCUT2D eigenvalue weighted by molar-refractivity contribution is 8.00. The minimum Gasteiger partial charge on any atom is -0.451 e. The largest absolute Gasteiger partial charge is 0.451 e. The first kappa shape index (κ1) is 19.8. The van der Waals surface area contributed by atoms with Gasteiger partial charge in [0.05, 0.1) is 11.4 Å². The van der Waals surface area contributed by atoms with E-state index in [-0.39, 0.29) is 18.2 Å². The molecule has 1 aliphatic heterocycles. The molecule has 0 fully saturated rings. The molecule has 0 aromatic heterocycles. The molecule has 0 spiro atoms. The standard InChI is InChI=1S/C19H16F2N2O4S/c1-11(19(26)22-18-12(20)5-4-6-13(18)21)27-17(25)9-23-14-7-2-3-8-15(14)28-10-16(23)24/h2-8,11H,9-10H2,1H3,(H,22,26)/t11-/m1/s1. The van der Waals surface area contributed by atoms with Crippen LogP contribution in [0.15, 0.2) is 47.4 Å². The van der Waals surface area contributed by atoms with Crippen LogP contribution in [0.25, 0.3) is 0 Å². The first-order chi connectivity index (χ1) is 13.4. The molecule has 2 amide bonds. The molecule has 28 heavy (non-hydrogen) atoms. The number of halogens is 2. The Morgan fingerprint density at radius 3 is 2.57 bits per heavy atom. The number of hydrogen-bond donors (Lipinski definition) is 1. The molecule has 0 saturated heterocycles. The van der Waals surface area contributed by atoms with Gasteiger partial charge in [0.25, 0.3) is 5.91 Å². The molecule has 0 radical (unpaired) electrons. The Morgan fingerprint density at radius 1 is 1.18 bits per heavy atom. The quantitative estimate of drug-likeness (QED) is 0.773. The summed E-state index contributed by atoms with van der Waals surface area (Å²) >= 11 is 1.37. The third-order valence-corrected chi connectivity index (χ3v) is 5.03. The van der Waals surface area contributed by atoms with Gasteiger partial charge >= 0.3 is 5.97 Å². The lowest BCUT2D eigenvalue weighted by Gasteiger charge is -2.28. The third kappa shape index (κ3) is 4.30. The predicted molar refractivity (Wildman–Crippen MR) is 100 cm³/mol. The fourth-order valence-corrected chi connectivity index (χ4v) is 3.52. The Hall–Kier alpha value is -2.94. The van der Waals surface area contributed by atoms with Gasteiger partial charge in [-0.15, -0.1) is 11.8 Å². The smallest absolute Gasteiger partial charge is 0.326 e. The molecule has 1 aliphatic rings. The van der Waals surface area contributed by atoms with Gasteiger partial charge in [0, 0.05) is 4.90 Å². The van der Waals surface area contributed by atoms with Crippen LogP contribution in [0.5, 0.6) is 0 Å². The average Bonchev–Trinajstić information content (AvgIpc) is 2.67. The molecule has 0 saturated carbocycles. The van der Waals surface area contributed by atoms with Crippen molar-refractivity contribution in [3.05, 3.63) is 54.1 Å². The molecule has 146 valence electrons. The Bertz CT molecular complexity index is 918. The molecular weight excluding hydrogens is 390 g/mol. The van der Waals surface area contributed by atoms with Crippen molar-refractivity contribution < 1.29 is 27.9 Å². The summed E-state index contributed by atoms with van der Waals surface area (Å²) in [5.41, 5.74) is -0.0289. The summed E-state index contributed by atoms with van der Waals surface area (Å²) in [5, 5.41) is 2.06. The number of benzene rings is 2. The third-order valence-electron chi connectivity index (χ3n) is 3.98. The number of anilines is 2. The number of hydrogen-bond acceptors (Lipinski definition) is 5. The molecular formula is C19H16F2N2O4S. The van der Waals surface area contributed by atoms with E-state index in [1.165, 1.54) is 23.6 Å². The number of nitrogens with one attached hydrogen (secondary N) is 1. The topological polar surface area (TPSA) is 75.7 Å². The van der Waals surface area contributed by atoms with E-state index in [0.29, 0.717) is 5.69 Å². The van der Waals surface area contributed by atoms with Gasteiger partial charge in [0.1, 0.15) is 23.9 Å². The lowest BCUT2D eigenvalue weighted by Crippen LogP contribution is -2.41. The van der Waals surface area contributed by atoms with Gasteiger partial charge in [0.2, 0.25) is 5.91 Å². The second-order valence-electron chi connectivity index (χ2n) is 5.95. The highest BCUT2D eigenvalue weighted by Gasteiger charge is 2.28. The van der Waals surface area contributed by atoms with E-state index in [0.717, 1.165) is 23.1 Å². The van der Waals surface area contributed by atoms with Gasteiger partial charge in [-0.2, -0.15) is 0 Å². The molecule has 2 aromatic carbocycles. The van der Waals surface area contributed by atoms with Crippen LogP contribution in [-0.4, -0.2) is 36.2 Å². The molecule has 0 aliphatic carbocycles. The summed E-state index contributed by atoms with van der Waals surface area (Å²) in [7, 11) is 0. The van der Waals surface area contributed by atoms with Crippen molar-refractivity contribution in [2.75, 3.05) is 22.5 Å². The Morgan fingerprint density at radius 2 is 1.86 bits per heavy atom. The van der Waals surface area contributed by atoms with E-state index in [9.17, 15) is 23.2 Å². The van der Waals surface area contributed by atoms with Crippen molar-refractivity contribution in [2.45, 2.75) is 17.9 Å². The van der Waals surface area contributed by atoms with Gasteiger partial charge in [-0.1, -0.05) is 18.2 Å². The van der Waals surface area contributed by atoms with Crippen molar-refractivity contribution in [1.82, 2.24) is 0 Å². The second-order valence-corrected chi connectivity index (χ2v) is 6.97. The van der Waals surface area contributed by atoms with E-state index in [2.05, 4.69) is 5.32 Å². The summed E-state index contributed by atoms with van der Waals surface area (Å²) in [5.74, 6) is -3.66. The first-order valence-corrected chi connectivity index (χ1v) is 9.32. The maximum atomic E-state index is 13.6. The Labute approximate surface area is 163 Å². The molecule has 9 heteroatoms. The number of esters is 1. The molecule has 0 bridgehead atoms. The first-order valence-electron chi connectivity index (χ1n) is 8.33. The normalized spacial score (nSPS) is 14.2. The summed E-state index contributed by atoms with van der Waals surface area (Å²) in [6.07, 6.45) is -1.31. The number of para-hydroxylation sites is 2. The molecule has 2 aromatic rings. The number of carbonyl (C=O) groups is 3. The highest BCUT2D eigenvalue weighted by atomic mass is 32.2.